The molecular weight excluding hydrogens is 492 g/mol. The van der Waals surface area contributed by atoms with Gasteiger partial charge in [0.1, 0.15) is 0 Å². The summed E-state index contributed by atoms with van der Waals surface area (Å²) in [5, 5.41) is 27.8. The SMILES string of the molecule is C[C@@H](O)[C@H](CNO)NC(=O)c1ccc(C#Cc2ccc(NC(=O)CNCc3ccc(Cl)cc3)cc2)cc1. The lowest BCUT2D eigenvalue weighted by molar-refractivity contribution is -0.115. The molecule has 2 atom stereocenters. The zero-order valence-electron chi connectivity index (χ0n) is 20.3. The van der Waals surface area contributed by atoms with E-state index in [0.29, 0.717) is 22.8 Å². The second kappa shape index (κ2) is 14.1. The number of hydrogen-bond donors (Lipinski definition) is 6. The van der Waals surface area contributed by atoms with Gasteiger partial charge in [0.2, 0.25) is 5.91 Å². The minimum atomic E-state index is -0.828. The predicted molar refractivity (Wildman–Crippen MR) is 143 cm³/mol. The number of aliphatic hydroxyl groups excluding tert-OH is 1. The molecule has 0 aromatic heterocycles. The maximum atomic E-state index is 12.4. The molecule has 0 bridgehead atoms. The number of hydrogen-bond acceptors (Lipinski definition) is 6. The van der Waals surface area contributed by atoms with E-state index in [0.717, 1.165) is 16.7 Å². The van der Waals surface area contributed by atoms with Crippen LogP contribution in [-0.2, 0) is 11.3 Å². The normalized spacial score (nSPS) is 12.1. The zero-order chi connectivity index (χ0) is 26.6. The first-order chi connectivity index (χ1) is 17.8. The molecule has 8 nitrogen and oxygen atoms in total. The maximum Gasteiger partial charge on any atom is 0.251 e. The molecule has 0 fully saturated rings. The van der Waals surface area contributed by atoms with E-state index in [2.05, 4.69) is 27.8 Å². The Balaban J connectivity index is 1.48. The number of carbonyl (C=O) groups excluding carboxylic acids is 2. The highest BCUT2D eigenvalue weighted by atomic mass is 35.5. The molecule has 0 radical (unpaired) electrons. The van der Waals surface area contributed by atoms with E-state index < -0.39 is 12.1 Å². The van der Waals surface area contributed by atoms with Crippen LogP contribution in [0.2, 0.25) is 5.02 Å². The smallest absolute Gasteiger partial charge is 0.251 e. The minimum Gasteiger partial charge on any atom is -0.391 e. The van der Waals surface area contributed by atoms with Crippen molar-refractivity contribution in [2.45, 2.75) is 25.6 Å². The number of amides is 2. The van der Waals surface area contributed by atoms with Gasteiger partial charge in [-0.25, -0.2) is 5.48 Å². The molecule has 3 rings (SSSR count). The van der Waals surface area contributed by atoms with E-state index in [4.69, 9.17) is 16.8 Å². The summed E-state index contributed by atoms with van der Waals surface area (Å²) in [5.41, 5.74) is 5.58. The maximum absolute atomic E-state index is 12.4. The fraction of sp³-hybridized carbons (Fsp3) is 0.214. The van der Waals surface area contributed by atoms with Gasteiger partial charge in [-0.2, -0.15) is 0 Å². The van der Waals surface area contributed by atoms with Gasteiger partial charge in [-0.05, 0) is 73.2 Å². The van der Waals surface area contributed by atoms with Crippen LogP contribution in [0.3, 0.4) is 0 Å². The van der Waals surface area contributed by atoms with Crippen molar-refractivity contribution in [2.75, 3.05) is 18.4 Å². The summed E-state index contributed by atoms with van der Waals surface area (Å²) in [6.07, 6.45) is -0.828. The molecule has 37 heavy (non-hydrogen) atoms. The number of anilines is 1. The average Bonchev–Trinajstić information content (AvgIpc) is 2.89. The summed E-state index contributed by atoms with van der Waals surface area (Å²) in [7, 11) is 0. The van der Waals surface area contributed by atoms with Crippen molar-refractivity contribution < 1.29 is 19.9 Å². The second-order valence-corrected chi connectivity index (χ2v) is 8.80. The van der Waals surface area contributed by atoms with Gasteiger partial charge in [-0.3, -0.25) is 9.59 Å². The number of carbonyl (C=O) groups is 2. The Labute approximate surface area is 221 Å². The molecule has 3 aromatic carbocycles. The molecule has 9 heteroatoms. The van der Waals surface area contributed by atoms with E-state index in [1.54, 1.807) is 36.4 Å². The van der Waals surface area contributed by atoms with Crippen LogP contribution in [0.25, 0.3) is 0 Å². The third kappa shape index (κ3) is 9.35. The number of aliphatic hydroxyl groups is 1. The number of hydroxylamine groups is 1. The van der Waals surface area contributed by atoms with Crippen molar-refractivity contribution in [2.24, 2.45) is 0 Å². The first kappa shape index (κ1) is 27.9. The van der Waals surface area contributed by atoms with Crippen molar-refractivity contribution in [3.63, 3.8) is 0 Å². The van der Waals surface area contributed by atoms with Crippen molar-refractivity contribution in [3.8, 4) is 11.8 Å². The van der Waals surface area contributed by atoms with Crippen LogP contribution >= 0.6 is 11.6 Å². The molecule has 0 aliphatic carbocycles. The molecular formula is C28H29ClN4O4. The Morgan fingerprint density at radius 2 is 1.51 bits per heavy atom. The average molecular weight is 521 g/mol. The van der Waals surface area contributed by atoms with Crippen LogP contribution in [0, 0.1) is 11.8 Å². The summed E-state index contributed by atoms with van der Waals surface area (Å²) in [6, 6.07) is 20.8. The van der Waals surface area contributed by atoms with Crippen LogP contribution in [0.5, 0.6) is 0 Å². The first-order valence-electron chi connectivity index (χ1n) is 11.7. The van der Waals surface area contributed by atoms with Crippen molar-refractivity contribution in [1.29, 1.82) is 0 Å². The van der Waals surface area contributed by atoms with Gasteiger partial charge in [0, 0.05) is 40.5 Å². The van der Waals surface area contributed by atoms with E-state index in [1.165, 1.54) is 6.92 Å². The van der Waals surface area contributed by atoms with Crippen LogP contribution < -0.4 is 21.4 Å². The zero-order valence-corrected chi connectivity index (χ0v) is 21.0. The molecule has 0 spiro atoms. The van der Waals surface area contributed by atoms with E-state index >= 15 is 0 Å². The summed E-state index contributed by atoms with van der Waals surface area (Å²) >= 11 is 5.87. The fourth-order valence-corrected chi connectivity index (χ4v) is 3.43. The van der Waals surface area contributed by atoms with Gasteiger partial charge in [0.15, 0.2) is 0 Å². The topological polar surface area (TPSA) is 123 Å². The predicted octanol–water partition coefficient (Wildman–Crippen LogP) is 2.93. The minimum absolute atomic E-state index is 0.0245. The number of rotatable bonds is 10. The summed E-state index contributed by atoms with van der Waals surface area (Å²) < 4.78 is 0. The molecule has 0 saturated heterocycles. The van der Waals surface area contributed by atoms with Gasteiger partial charge in [-0.15, -0.1) is 0 Å². The largest absolute Gasteiger partial charge is 0.391 e. The van der Waals surface area contributed by atoms with Crippen LogP contribution in [0.4, 0.5) is 5.69 Å². The van der Waals surface area contributed by atoms with Crippen molar-refractivity contribution in [1.82, 2.24) is 16.1 Å². The van der Waals surface area contributed by atoms with E-state index in [-0.39, 0.29) is 24.9 Å². The van der Waals surface area contributed by atoms with Crippen LogP contribution in [-0.4, -0.2) is 47.4 Å². The fourth-order valence-electron chi connectivity index (χ4n) is 3.31. The highest BCUT2D eigenvalue weighted by molar-refractivity contribution is 6.30. The van der Waals surface area contributed by atoms with Gasteiger partial charge in [-0.1, -0.05) is 35.6 Å². The Hall–Kier alpha value is -3.71. The van der Waals surface area contributed by atoms with E-state index in [9.17, 15) is 14.7 Å². The third-order valence-electron chi connectivity index (χ3n) is 5.40. The quantitative estimate of drug-likeness (QED) is 0.180. The Bertz CT molecular complexity index is 1230. The van der Waals surface area contributed by atoms with Gasteiger partial charge in [0.25, 0.3) is 5.91 Å². The summed E-state index contributed by atoms with van der Waals surface area (Å²) in [5.74, 6) is 5.59. The third-order valence-corrected chi connectivity index (χ3v) is 5.66. The van der Waals surface area contributed by atoms with Crippen LogP contribution in [0.15, 0.2) is 72.8 Å². The lowest BCUT2D eigenvalue weighted by Crippen LogP contribution is -2.47. The van der Waals surface area contributed by atoms with E-state index in [1.807, 2.05) is 41.9 Å². The molecule has 0 unspecified atom stereocenters. The molecule has 0 heterocycles. The number of benzene rings is 3. The van der Waals surface area contributed by atoms with Gasteiger partial charge < -0.3 is 26.3 Å². The Kier molecular flexibility index (Phi) is 10.6. The molecule has 0 saturated carbocycles. The first-order valence-corrected chi connectivity index (χ1v) is 12.0. The van der Waals surface area contributed by atoms with Crippen LogP contribution in [0.1, 0.15) is 34.0 Å². The second-order valence-electron chi connectivity index (χ2n) is 8.37. The highest BCUT2D eigenvalue weighted by Gasteiger charge is 2.18. The van der Waals surface area contributed by atoms with Crippen molar-refractivity contribution >= 4 is 29.1 Å². The monoisotopic (exact) mass is 520 g/mol. The van der Waals surface area contributed by atoms with Gasteiger partial charge >= 0.3 is 0 Å². The molecule has 3 aromatic rings. The molecule has 0 aliphatic heterocycles. The molecule has 2 amide bonds. The summed E-state index contributed by atoms with van der Waals surface area (Å²) in [6.45, 7) is 2.30. The number of halogens is 1. The lowest BCUT2D eigenvalue weighted by atomic mass is 10.1. The standard InChI is InChI=1S/C28H29ClN4O4/c1-19(34)26(17-31-37)33-28(36)23-10-4-20(5-11-23)2-3-21-8-14-25(15-9-21)32-27(35)18-30-16-22-6-12-24(29)13-7-22/h4-15,19,26,30-31,34,37H,16-18H2,1H3,(H,32,35)(H,33,36)/t19-,26+/m1/s1. The molecule has 0 aliphatic rings. The lowest BCUT2D eigenvalue weighted by Gasteiger charge is -2.20. The van der Waals surface area contributed by atoms with Crippen molar-refractivity contribution in [3.05, 3.63) is 100 Å². The highest BCUT2D eigenvalue weighted by Crippen LogP contribution is 2.11. The number of nitrogens with one attached hydrogen (secondary N) is 4. The molecule has 6 N–H and O–H groups in total. The molecule has 192 valence electrons. The Morgan fingerprint density at radius 1 is 0.919 bits per heavy atom. The summed E-state index contributed by atoms with van der Waals surface area (Å²) in [4.78, 5) is 24.5. The Morgan fingerprint density at radius 3 is 2.08 bits per heavy atom. The van der Waals surface area contributed by atoms with Gasteiger partial charge in [0.05, 0.1) is 18.7 Å².